The second-order valence-corrected chi connectivity index (χ2v) is 8.47. The largest absolute Gasteiger partial charge is 0.355 e. The topological polar surface area (TPSA) is 46.1 Å². The molecule has 1 fully saturated rings. The number of fused-ring (bicyclic) bond motifs is 1. The Morgan fingerprint density at radius 1 is 0.812 bits per heavy atom. The fraction of sp³-hybridized carbons (Fsp3) is 0.250. The zero-order chi connectivity index (χ0) is 21.8. The molecule has 0 radical (unpaired) electrons. The van der Waals surface area contributed by atoms with Gasteiger partial charge in [-0.25, -0.2) is 4.98 Å². The van der Waals surface area contributed by atoms with Crippen LogP contribution in [0.1, 0.15) is 41.6 Å². The van der Waals surface area contributed by atoms with Crippen LogP contribution in [0, 0.1) is 0 Å². The maximum absolute atomic E-state index is 12.8. The van der Waals surface area contributed by atoms with Gasteiger partial charge in [-0.1, -0.05) is 54.6 Å². The van der Waals surface area contributed by atoms with Crippen molar-refractivity contribution in [1.29, 1.82) is 0 Å². The molecule has 0 unspecified atom stereocenters. The Hall–Kier alpha value is -3.53. The molecule has 1 aromatic heterocycles. The third kappa shape index (κ3) is 4.54. The average Bonchev–Trinajstić information content (AvgIpc) is 2.88. The van der Waals surface area contributed by atoms with E-state index in [-0.39, 0.29) is 5.78 Å². The van der Waals surface area contributed by atoms with Crippen LogP contribution in [0.3, 0.4) is 0 Å². The van der Waals surface area contributed by atoms with Crippen LogP contribution in [-0.4, -0.2) is 28.8 Å². The van der Waals surface area contributed by atoms with E-state index in [1.54, 1.807) is 0 Å². The summed E-state index contributed by atoms with van der Waals surface area (Å²) in [7, 11) is 0. The van der Waals surface area contributed by atoms with Crippen molar-refractivity contribution in [2.75, 3.05) is 18.0 Å². The van der Waals surface area contributed by atoms with Crippen LogP contribution in [-0.2, 0) is 6.42 Å². The molecule has 1 saturated heterocycles. The van der Waals surface area contributed by atoms with Crippen LogP contribution in [0.5, 0.6) is 0 Å². The number of carbonyl (C=O) groups is 1. The molecule has 2 heterocycles. The van der Waals surface area contributed by atoms with E-state index in [9.17, 15) is 4.79 Å². The lowest BCUT2D eigenvalue weighted by Crippen LogP contribution is -2.30. The molecule has 0 saturated carbocycles. The molecule has 4 heteroatoms. The minimum atomic E-state index is 0.170. The number of hydrogen-bond acceptors (Lipinski definition) is 4. The molecule has 1 aliphatic rings. The van der Waals surface area contributed by atoms with Crippen molar-refractivity contribution >= 4 is 22.6 Å². The van der Waals surface area contributed by atoms with Gasteiger partial charge in [0, 0.05) is 25.1 Å². The van der Waals surface area contributed by atoms with E-state index < -0.39 is 0 Å². The predicted molar refractivity (Wildman–Crippen MR) is 130 cm³/mol. The van der Waals surface area contributed by atoms with E-state index in [2.05, 4.69) is 40.2 Å². The monoisotopic (exact) mass is 421 g/mol. The van der Waals surface area contributed by atoms with Gasteiger partial charge in [0.25, 0.3) is 0 Å². The predicted octanol–water partition coefficient (Wildman–Crippen LogP) is 6.10. The Labute approximate surface area is 189 Å². The molecule has 0 amide bonds. The van der Waals surface area contributed by atoms with E-state index in [1.807, 2.05) is 48.7 Å². The Morgan fingerprint density at radius 3 is 2.47 bits per heavy atom. The summed E-state index contributed by atoms with van der Waals surface area (Å²) in [6, 6.07) is 24.2. The summed E-state index contributed by atoms with van der Waals surface area (Å²) in [5.41, 5.74) is 5.82. The number of Topliss-reactive ketones (excluding diaryl/α,β-unsaturated/α-hetero) is 1. The summed E-state index contributed by atoms with van der Waals surface area (Å²) in [6.45, 7) is 2.10. The molecule has 4 aromatic rings. The van der Waals surface area contributed by atoms with Crippen LogP contribution in [0.4, 0.5) is 5.82 Å². The Bertz CT molecular complexity index is 1230. The number of aryl methyl sites for hydroxylation is 1. The van der Waals surface area contributed by atoms with E-state index in [0.29, 0.717) is 6.42 Å². The van der Waals surface area contributed by atoms with E-state index in [0.717, 1.165) is 53.1 Å². The molecule has 0 bridgehead atoms. The van der Waals surface area contributed by atoms with Crippen LogP contribution >= 0.6 is 0 Å². The van der Waals surface area contributed by atoms with Crippen LogP contribution in [0.25, 0.3) is 22.2 Å². The highest BCUT2D eigenvalue weighted by atomic mass is 16.1. The summed E-state index contributed by atoms with van der Waals surface area (Å²) in [5.74, 6) is 1.13. The molecule has 1 aliphatic heterocycles. The van der Waals surface area contributed by atoms with E-state index in [4.69, 9.17) is 4.98 Å². The lowest BCUT2D eigenvalue weighted by atomic mass is 9.98. The van der Waals surface area contributed by atoms with Crippen LogP contribution in [0.15, 0.2) is 79.0 Å². The highest BCUT2D eigenvalue weighted by Gasteiger charge is 2.14. The summed E-state index contributed by atoms with van der Waals surface area (Å²) in [6.07, 6.45) is 6.88. The van der Waals surface area contributed by atoms with Crippen molar-refractivity contribution in [2.45, 2.75) is 32.1 Å². The first-order chi connectivity index (χ1) is 15.8. The number of carbonyl (C=O) groups excluding carboxylic acids is 1. The van der Waals surface area contributed by atoms with E-state index in [1.165, 1.54) is 24.8 Å². The smallest absolute Gasteiger partial charge is 0.163 e. The van der Waals surface area contributed by atoms with Crippen molar-refractivity contribution in [3.8, 4) is 11.1 Å². The summed E-state index contributed by atoms with van der Waals surface area (Å²) in [5, 5.41) is 0. The first-order valence-corrected chi connectivity index (χ1v) is 11.5. The van der Waals surface area contributed by atoms with Gasteiger partial charge in [0.1, 0.15) is 5.82 Å². The average molecular weight is 422 g/mol. The number of hydrogen-bond donors (Lipinski definition) is 0. The van der Waals surface area contributed by atoms with Crippen LogP contribution < -0.4 is 4.90 Å². The second-order valence-electron chi connectivity index (χ2n) is 8.47. The normalized spacial score (nSPS) is 13.9. The fourth-order valence-electron chi connectivity index (χ4n) is 4.38. The molecule has 0 N–H and O–H groups in total. The van der Waals surface area contributed by atoms with Gasteiger partial charge < -0.3 is 4.90 Å². The number of benzene rings is 3. The van der Waals surface area contributed by atoms with Crippen molar-refractivity contribution in [3.05, 3.63) is 90.1 Å². The standard InChI is InChI=1S/C28H27N3O/c32-27(15-12-21-8-3-1-4-9-21)24-11-7-10-22(18-24)23-13-14-25-26(19-23)30-28(20-29-25)31-16-5-2-6-17-31/h1,3-4,7-11,13-14,18-20H,2,5-6,12,15-17H2. The van der Waals surface area contributed by atoms with Gasteiger partial charge in [-0.3, -0.25) is 9.78 Å². The van der Waals surface area contributed by atoms with Crippen molar-refractivity contribution in [3.63, 3.8) is 0 Å². The first-order valence-electron chi connectivity index (χ1n) is 11.5. The molecule has 32 heavy (non-hydrogen) atoms. The highest BCUT2D eigenvalue weighted by Crippen LogP contribution is 2.26. The molecule has 3 aromatic carbocycles. The van der Waals surface area contributed by atoms with Gasteiger partial charge in [-0.15, -0.1) is 0 Å². The van der Waals surface area contributed by atoms with E-state index >= 15 is 0 Å². The number of aromatic nitrogens is 2. The maximum Gasteiger partial charge on any atom is 0.163 e. The molecular weight excluding hydrogens is 394 g/mol. The van der Waals surface area contributed by atoms with Gasteiger partial charge in [0.05, 0.1) is 17.2 Å². The maximum atomic E-state index is 12.8. The van der Waals surface area contributed by atoms with Crippen LogP contribution in [0.2, 0.25) is 0 Å². The first kappa shape index (κ1) is 20.4. The quantitative estimate of drug-likeness (QED) is 0.353. The minimum Gasteiger partial charge on any atom is -0.355 e. The molecule has 0 spiro atoms. The number of rotatable bonds is 6. The summed E-state index contributed by atoms with van der Waals surface area (Å²) < 4.78 is 0. The second kappa shape index (κ2) is 9.31. The molecule has 160 valence electrons. The minimum absolute atomic E-state index is 0.170. The molecule has 0 aliphatic carbocycles. The lowest BCUT2D eigenvalue weighted by molar-refractivity contribution is 0.0983. The summed E-state index contributed by atoms with van der Waals surface area (Å²) in [4.78, 5) is 24.7. The number of anilines is 1. The zero-order valence-corrected chi connectivity index (χ0v) is 18.2. The molecule has 4 nitrogen and oxygen atoms in total. The SMILES string of the molecule is O=C(CCc1ccccc1)c1cccc(-c2ccc3ncc(N4CCCCC4)nc3c2)c1. The Balaban J connectivity index is 1.37. The Morgan fingerprint density at radius 2 is 1.62 bits per heavy atom. The number of nitrogens with zero attached hydrogens (tertiary/aromatic N) is 3. The zero-order valence-electron chi connectivity index (χ0n) is 18.2. The van der Waals surface area contributed by atoms with Gasteiger partial charge >= 0.3 is 0 Å². The molecule has 5 rings (SSSR count). The third-order valence-corrected chi connectivity index (χ3v) is 6.21. The lowest BCUT2D eigenvalue weighted by Gasteiger charge is -2.27. The number of piperidine rings is 1. The van der Waals surface area contributed by atoms with Gasteiger partial charge in [-0.2, -0.15) is 0 Å². The molecule has 0 atom stereocenters. The highest BCUT2D eigenvalue weighted by molar-refractivity contribution is 5.97. The van der Waals surface area contributed by atoms with Crippen molar-refractivity contribution < 1.29 is 4.79 Å². The van der Waals surface area contributed by atoms with Crippen molar-refractivity contribution in [1.82, 2.24) is 9.97 Å². The number of ketones is 1. The molecular formula is C28H27N3O. The third-order valence-electron chi connectivity index (χ3n) is 6.21. The van der Waals surface area contributed by atoms with Gasteiger partial charge in [0.2, 0.25) is 0 Å². The van der Waals surface area contributed by atoms with Gasteiger partial charge in [-0.05, 0) is 60.6 Å². The van der Waals surface area contributed by atoms with Gasteiger partial charge in [0.15, 0.2) is 5.78 Å². The fourth-order valence-corrected chi connectivity index (χ4v) is 4.38. The Kier molecular flexibility index (Phi) is 5.93. The summed E-state index contributed by atoms with van der Waals surface area (Å²) >= 11 is 0. The van der Waals surface area contributed by atoms with Crippen molar-refractivity contribution in [2.24, 2.45) is 0 Å².